The monoisotopic (exact) mass is 551 g/mol. The maximum atomic E-state index is 13.8. The van der Waals surface area contributed by atoms with Crippen LogP contribution in [-0.4, -0.2) is 51.4 Å². The second kappa shape index (κ2) is 12.5. The quantitative estimate of drug-likeness (QED) is 0.212. The van der Waals surface area contributed by atoms with E-state index < -0.39 is 42.4 Å². The van der Waals surface area contributed by atoms with Crippen molar-refractivity contribution in [3.05, 3.63) is 142 Å². The van der Waals surface area contributed by atoms with Gasteiger partial charge in [0.25, 0.3) is 11.8 Å². The summed E-state index contributed by atoms with van der Waals surface area (Å²) in [5, 5.41) is 19.2. The third-order valence-corrected chi connectivity index (χ3v) is 6.32. The fourth-order valence-corrected chi connectivity index (χ4v) is 4.20. The summed E-state index contributed by atoms with van der Waals surface area (Å²) in [6, 6.07) is 25.8. The van der Waals surface area contributed by atoms with Crippen molar-refractivity contribution in [1.82, 2.24) is 4.90 Å². The predicted molar refractivity (Wildman–Crippen MR) is 148 cm³/mol. The Labute approximate surface area is 235 Å². The first kappa shape index (κ1) is 28.4. The molecule has 2 amide bonds. The molecule has 2 N–H and O–H groups in total. The Bertz CT molecular complexity index is 1610. The molecular weight excluding hydrogens is 526 g/mol. The van der Waals surface area contributed by atoms with Crippen molar-refractivity contribution >= 4 is 29.7 Å². The summed E-state index contributed by atoms with van der Waals surface area (Å²) in [6.07, 6.45) is -1.22. The molecule has 9 nitrogen and oxygen atoms in total. The molecule has 41 heavy (non-hydrogen) atoms. The van der Waals surface area contributed by atoms with Gasteiger partial charge >= 0.3 is 17.9 Å². The van der Waals surface area contributed by atoms with Gasteiger partial charge in [-0.15, -0.1) is 0 Å². The van der Waals surface area contributed by atoms with Gasteiger partial charge in [0.2, 0.25) is 0 Å². The number of nitrogens with zero attached hydrogens (tertiary/aromatic N) is 1. The third-order valence-electron chi connectivity index (χ3n) is 6.32. The van der Waals surface area contributed by atoms with Crippen molar-refractivity contribution < 1.29 is 38.9 Å². The van der Waals surface area contributed by atoms with Crippen LogP contribution in [0.4, 0.5) is 0 Å². The molecular formula is C32H25NO8. The number of hydrogen-bond donors (Lipinski definition) is 2. The number of imide groups is 1. The molecule has 0 heterocycles. The second-order valence-electron chi connectivity index (χ2n) is 9.09. The fourth-order valence-electron chi connectivity index (χ4n) is 4.20. The molecule has 0 aliphatic carbocycles. The SMILES string of the molecule is Cc1ccc(C(=O)N(CC(OC(=O)c2ccccc2C(=O)O)c2ccccc2)C(=O)c2ccccc2C(=O)O)cc1. The molecule has 0 radical (unpaired) electrons. The Kier molecular flexibility index (Phi) is 8.69. The van der Waals surface area contributed by atoms with Crippen molar-refractivity contribution in [3.63, 3.8) is 0 Å². The molecule has 0 aliphatic heterocycles. The first-order valence-corrected chi connectivity index (χ1v) is 12.5. The zero-order valence-corrected chi connectivity index (χ0v) is 21.9. The van der Waals surface area contributed by atoms with Gasteiger partial charge in [-0.1, -0.05) is 72.3 Å². The van der Waals surface area contributed by atoms with Crippen LogP contribution >= 0.6 is 0 Å². The van der Waals surface area contributed by atoms with E-state index in [-0.39, 0.29) is 27.8 Å². The summed E-state index contributed by atoms with van der Waals surface area (Å²) in [4.78, 5) is 65.3. The second-order valence-corrected chi connectivity index (χ2v) is 9.09. The summed E-state index contributed by atoms with van der Waals surface area (Å²) in [7, 11) is 0. The minimum atomic E-state index is -1.35. The number of carboxylic acids is 2. The molecule has 206 valence electrons. The lowest BCUT2D eigenvalue weighted by Crippen LogP contribution is -2.41. The van der Waals surface area contributed by atoms with E-state index in [0.717, 1.165) is 10.5 Å². The molecule has 4 rings (SSSR count). The summed E-state index contributed by atoms with van der Waals surface area (Å²) < 4.78 is 5.75. The van der Waals surface area contributed by atoms with E-state index in [1.807, 2.05) is 6.92 Å². The zero-order chi connectivity index (χ0) is 29.5. The average Bonchev–Trinajstić information content (AvgIpc) is 2.99. The van der Waals surface area contributed by atoms with E-state index in [1.165, 1.54) is 60.7 Å². The number of amides is 2. The molecule has 0 fully saturated rings. The van der Waals surface area contributed by atoms with Crippen LogP contribution in [0.3, 0.4) is 0 Å². The highest BCUT2D eigenvalue weighted by molar-refractivity contribution is 6.13. The van der Waals surface area contributed by atoms with Crippen molar-refractivity contribution in [2.75, 3.05) is 6.54 Å². The number of carbonyl (C=O) groups is 5. The predicted octanol–water partition coefficient (Wildman–Crippen LogP) is 5.27. The maximum absolute atomic E-state index is 13.8. The van der Waals surface area contributed by atoms with Crippen LogP contribution in [0.25, 0.3) is 0 Å². The van der Waals surface area contributed by atoms with Crippen LogP contribution in [0.2, 0.25) is 0 Å². The average molecular weight is 552 g/mol. The van der Waals surface area contributed by atoms with Crippen LogP contribution < -0.4 is 0 Å². The van der Waals surface area contributed by atoms with E-state index in [0.29, 0.717) is 5.56 Å². The Morgan fingerprint density at radius 1 is 0.634 bits per heavy atom. The Balaban J connectivity index is 1.78. The largest absolute Gasteiger partial charge is 0.478 e. The van der Waals surface area contributed by atoms with Gasteiger partial charge in [-0.3, -0.25) is 14.5 Å². The minimum absolute atomic E-state index is 0.158. The Hall–Kier alpha value is -5.57. The molecule has 1 unspecified atom stereocenters. The molecule has 0 spiro atoms. The van der Waals surface area contributed by atoms with Gasteiger partial charge in [-0.05, 0) is 48.9 Å². The molecule has 4 aromatic rings. The van der Waals surface area contributed by atoms with Crippen LogP contribution in [0.5, 0.6) is 0 Å². The first-order valence-electron chi connectivity index (χ1n) is 12.5. The van der Waals surface area contributed by atoms with Crippen LogP contribution in [-0.2, 0) is 4.74 Å². The zero-order valence-electron chi connectivity index (χ0n) is 21.9. The molecule has 0 bridgehead atoms. The summed E-state index contributed by atoms with van der Waals surface area (Å²) in [5.41, 5.74) is 0.450. The molecule has 0 aromatic heterocycles. The van der Waals surface area contributed by atoms with Gasteiger partial charge in [0.15, 0.2) is 0 Å². The highest BCUT2D eigenvalue weighted by atomic mass is 16.5. The van der Waals surface area contributed by atoms with E-state index in [9.17, 15) is 34.2 Å². The number of ether oxygens (including phenoxy) is 1. The number of carbonyl (C=O) groups excluding carboxylic acids is 3. The van der Waals surface area contributed by atoms with Gasteiger partial charge in [-0.2, -0.15) is 0 Å². The van der Waals surface area contributed by atoms with E-state index in [2.05, 4.69) is 0 Å². The van der Waals surface area contributed by atoms with Crippen LogP contribution in [0.15, 0.2) is 103 Å². The molecule has 1 atom stereocenters. The standard InChI is InChI=1S/C32H25NO8/c1-20-15-17-22(18-16-20)28(34)33(29(35)23-11-5-6-12-24(23)30(36)37)19-27(21-9-3-2-4-10-21)41-32(40)26-14-8-7-13-25(26)31(38)39/h2-18,27H,19H2,1H3,(H,36,37)(H,38,39). The van der Waals surface area contributed by atoms with Gasteiger partial charge in [0.05, 0.1) is 28.8 Å². The third kappa shape index (κ3) is 6.54. The van der Waals surface area contributed by atoms with Crippen molar-refractivity contribution in [2.24, 2.45) is 0 Å². The van der Waals surface area contributed by atoms with Crippen LogP contribution in [0, 0.1) is 6.92 Å². The van der Waals surface area contributed by atoms with Gasteiger partial charge in [0.1, 0.15) is 6.10 Å². The summed E-state index contributed by atoms with van der Waals surface area (Å²) in [6.45, 7) is 1.35. The van der Waals surface area contributed by atoms with E-state index in [1.54, 1.807) is 42.5 Å². The van der Waals surface area contributed by atoms with Gasteiger partial charge in [0, 0.05) is 5.56 Å². The van der Waals surface area contributed by atoms with E-state index >= 15 is 0 Å². The molecule has 0 saturated heterocycles. The highest BCUT2D eigenvalue weighted by Crippen LogP contribution is 2.25. The van der Waals surface area contributed by atoms with Gasteiger partial charge in [-0.25, -0.2) is 14.4 Å². The van der Waals surface area contributed by atoms with Crippen molar-refractivity contribution in [3.8, 4) is 0 Å². The molecule has 0 aliphatic rings. The number of hydrogen-bond acceptors (Lipinski definition) is 6. The Morgan fingerprint density at radius 2 is 1.12 bits per heavy atom. The fraction of sp³-hybridized carbons (Fsp3) is 0.0938. The summed E-state index contributed by atoms with van der Waals surface area (Å²) in [5.74, 6) is -5.30. The van der Waals surface area contributed by atoms with E-state index in [4.69, 9.17) is 4.74 Å². The summed E-state index contributed by atoms with van der Waals surface area (Å²) >= 11 is 0. The normalized spacial score (nSPS) is 11.2. The Morgan fingerprint density at radius 3 is 1.68 bits per heavy atom. The number of rotatable bonds is 9. The molecule has 4 aromatic carbocycles. The lowest BCUT2D eigenvalue weighted by Gasteiger charge is -2.27. The van der Waals surface area contributed by atoms with Crippen molar-refractivity contribution in [2.45, 2.75) is 13.0 Å². The lowest BCUT2D eigenvalue weighted by molar-refractivity contribution is 0.0177. The highest BCUT2D eigenvalue weighted by Gasteiger charge is 2.32. The lowest BCUT2D eigenvalue weighted by atomic mass is 10.0. The van der Waals surface area contributed by atoms with Crippen molar-refractivity contribution in [1.29, 1.82) is 0 Å². The first-order chi connectivity index (χ1) is 19.7. The molecule has 9 heteroatoms. The number of benzene rings is 4. The number of aryl methyl sites for hydroxylation is 1. The van der Waals surface area contributed by atoms with Crippen LogP contribution in [0.1, 0.15) is 69.0 Å². The topological polar surface area (TPSA) is 138 Å². The number of carboxylic acid groups (broad SMARTS) is 2. The van der Waals surface area contributed by atoms with Gasteiger partial charge < -0.3 is 14.9 Å². The number of esters is 1. The maximum Gasteiger partial charge on any atom is 0.339 e. The smallest absolute Gasteiger partial charge is 0.339 e. The molecule has 0 saturated carbocycles. The number of aromatic carboxylic acids is 2. The minimum Gasteiger partial charge on any atom is -0.478 e.